The highest BCUT2D eigenvalue weighted by atomic mass is 35.5. The minimum absolute atomic E-state index is 0.0455. The number of piperidine rings is 1. The van der Waals surface area contributed by atoms with E-state index in [2.05, 4.69) is 5.32 Å². The van der Waals surface area contributed by atoms with E-state index < -0.39 is 0 Å². The topological polar surface area (TPSA) is 75.4 Å². The van der Waals surface area contributed by atoms with E-state index in [0.29, 0.717) is 18.1 Å². The number of nitrogens with one attached hydrogen (secondary N) is 1. The van der Waals surface area contributed by atoms with Gasteiger partial charge in [0.2, 0.25) is 11.8 Å². The molecule has 2 amide bonds. The van der Waals surface area contributed by atoms with Crippen LogP contribution < -0.4 is 11.1 Å². The highest BCUT2D eigenvalue weighted by Gasteiger charge is 2.26. The molecule has 3 N–H and O–H groups in total. The quantitative estimate of drug-likeness (QED) is 0.883. The molecule has 1 heterocycles. The van der Waals surface area contributed by atoms with Gasteiger partial charge in [-0.05, 0) is 25.0 Å². The molecule has 108 valence electrons. The van der Waals surface area contributed by atoms with Gasteiger partial charge in [0.05, 0.1) is 23.2 Å². The van der Waals surface area contributed by atoms with Gasteiger partial charge in [-0.2, -0.15) is 0 Å². The Labute approximate surface area is 123 Å². The highest BCUT2D eigenvalue weighted by molar-refractivity contribution is 6.33. The van der Waals surface area contributed by atoms with Crippen LogP contribution in [0.2, 0.25) is 5.02 Å². The number of halogens is 1. The van der Waals surface area contributed by atoms with Crippen LogP contribution in [0.3, 0.4) is 0 Å². The maximum atomic E-state index is 12.1. The molecule has 0 spiro atoms. The Morgan fingerprint density at radius 3 is 2.85 bits per heavy atom. The summed E-state index contributed by atoms with van der Waals surface area (Å²) in [6.45, 7) is 1.25. The Bertz CT molecular complexity index is 507. The lowest BCUT2D eigenvalue weighted by molar-refractivity contribution is -0.133. The highest BCUT2D eigenvalue weighted by Crippen LogP contribution is 2.20. The Balaban J connectivity index is 1.89. The minimum Gasteiger partial charge on any atom is -0.375 e. The van der Waals surface area contributed by atoms with Gasteiger partial charge in [0.1, 0.15) is 0 Å². The molecule has 0 aromatic heterocycles. The molecule has 1 fully saturated rings. The zero-order valence-corrected chi connectivity index (χ0v) is 11.9. The molecule has 1 aromatic rings. The summed E-state index contributed by atoms with van der Waals surface area (Å²) in [4.78, 5) is 25.0. The monoisotopic (exact) mass is 295 g/mol. The largest absolute Gasteiger partial charge is 0.375 e. The molecule has 1 atom stereocenters. The van der Waals surface area contributed by atoms with Crippen molar-refractivity contribution in [2.75, 3.05) is 25.0 Å². The number of benzene rings is 1. The van der Waals surface area contributed by atoms with E-state index in [4.69, 9.17) is 17.3 Å². The number of carbonyl (C=O) groups is 2. The summed E-state index contributed by atoms with van der Waals surface area (Å²) < 4.78 is 0. The van der Waals surface area contributed by atoms with Crippen molar-refractivity contribution in [3.8, 4) is 0 Å². The first-order valence-electron chi connectivity index (χ1n) is 6.63. The second-order valence-corrected chi connectivity index (χ2v) is 5.32. The Morgan fingerprint density at radius 1 is 1.40 bits per heavy atom. The summed E-state index contributed by atoms with van der Waals surface area (Å²) >= 11 is 6.01. The molecule has 1 unspecified atom stereocenters. The number of anilines is 1. The van der Waals surface area contributed by atoms with E-state index in [9.17, 15) is 9.59 Å². The van der Waals surface area contributed by atoms with Crippen LogP contribution in [0, 0.1) is 5.92 Å². The van der Waals surface area contributed by atoms with Gasteiger partial charge >= 0.3 is 0 Å². The number of likely N-dealkylation sites (tertiary alicyclic amines) is 1. The zero-order chi connectivity index (χ0) is 14.5. The van der Waals surface area contributed by atoms with Crippen molar-refractivity contribution in [3.63, 3.8) is 0 Å². The molecule has 6 heteroatoms. The van der Waals surface area contributed by atoms with Crippen LogP contribution in [0.15, 0.2) is 24.3 Å². The standard InChI is InChI=1S/C14H18ClN3O2/c15-11-5-1-2-6-12(11)17-8-13(19)18-7-3-4-10(9-18)14(16)20/h1-2,5-6,10,17H,3-4,7-9H2,(H2,16,20). The van der Waals surface area contributed by atoms with E-state index in [1.807, 2.05) is 18.2 Å². The fraction of sp³-hybridized carbons (Fsp3) is 0.429. The predicted molar refractivity (Wildman–Crippen MR) is 78.4 cm³/mol. The molecule has 1 aliphatic rings. The summed E-state index contributed by atoms with van der Waals surface area (Å²) in [6, 6.07) is 7.26. The van der Waals surface area contributed by atoms with Crippen LogP contribution in [0.5, 0.6) is 0 Å². The lowest BCUT2D eigenvalue weighted by atomic mass is 9.97. The van der Waals surface area contributed by atoms with Crippen LogP contribution in [-0.2, 0) is 9.59 Å². The molecule has 2 rings (SSSR count). The molecular formula is C14H18ClN3O2. The van der Waals surface area contributed by atoms with Crippen molar-refractivity contribution in [1.29, 1.82) is 0 Å². The van der Waals surface area contributed by atoms with Gasteiger partial charge in [-0.3, -0.25) is 9.59 Å². The molecule has 0 bridgehead atoms. The van der Waals surface area contributed by atoms with E-state index in [1.165, 1.54) is 0 Å². The van der Waals surface area contributed by atoms with Gasteiger partial charge in [-0.15, -0.1) is 0 Å². The average Bonchev–Trinajstić information content (AvgIpc) is 2.46. The molecule has 1 aliphatic heterocycles. The van der Waals surface area contributed by atoms with Crippen LogP contribution in [0.4, 0.5) is 5.69 Å². The number of nitrogens with two attached hydrogens (primary N) is 1. The number of amides is 2. The Hall–Kier alpha value is -1.75. The molecule has 1 aromatic carbocycles. The van der Waals surface area contributed by atoms with Crippen molar-refractivity contribution < 1.29 is 9.59 Å². The van der Waals surface area contributed by atoms with Gasteiger partial charge < -0.3 is 16.0 Å². The zero-order valence-electron chi connectivity index (χ0n) is 11.1. The third-order valence-corrected chi connectivity index (χ3v) is 3.81. The van der Waals surface area contributed by atoms with Gasteiger partial charge in [0, 0.05) is 13.1 Å². The Morgan fingerprint density at radius 2 is 2.15 bits per heavy atom. The van der Waals surface area contributed by atoms with E-state index in [0.717, 1.165) is 18.5 Å². The van der Waals surface area contributed by atoms with Crippen molar-refractivity contribution in [2.24, 2.45) is 11.7 Å². The summed E-state index contributed by atoms with van der Waals surface area (Å²) in [5.74, 6) is -0.606. The van der Waals surface area contributed by atoms with Gasteiger partial charge in [-0.25, -0.2) is 0 Å². The smallest absolute Gasteiger partial charge is 0.241 e. The van der Waals surface area contributed by atoms with Gasteiger partial charge in [0.15, 0.2) is 0 Å². The summed E-state index contributed by atoms with van der Waals surface area (Å²) in [7, 11) is 0. The van der Waals surface area contributed by atoms with Crippen LogP contribution in [0.25, 0.3) is 0 Å². The maximum absolute atomic E-state index is 12.1. The minimum atomic E-state index is -0.332. The number of nitrogens with zero attached hydrogens (tertiary/aromatic N) is 1. The predicted octanol–water partition coefficient (Wildman–Crippen LogP) is 1.48. The number of carbonyl (C=O) groups excluding carboxylic acids is 2. The van der Waals surface area contributed by atoms with Crippen LogP contribution in [-0.4, -0.2) is 36.3 Å². The van der Waals surface area contributed by atoms with E-state index >= 15 is 0 Å². The first-order chi connectivity index (χ1) is 9.58. The first kappa shape index (κ1) is 14.7. The maximum Gasteiger partial charge on any atom is 0.241 e. The first-order valence-corrected chi connectivity index (χ1v) is 7.01. The molecule has 1 saturated heterocycles. The third-order valence-electron chi connectivity index (χ3n) is 3.48. The molecule has 5 nitrogen and oxygen atoms in total. The molecular weight excluding hydrogens is 278 g/mol. The average molecular weight is 296 g/mol. The number of hydrogen-bond donors (Lipinski definition) is 2. The van der Waals surface area contributed by atoms with Crippen LogP contribution >= 0.6 is 11.6 Å². The van der Waals surface area contributed by atoms with Gasteiger partial charge in [0.25, 0.3) is 0 Å². The second-order valence-electron chi connectivity index (χ2n) is 4.91. The summed E-state index contributed by atoms with van der Waals surface area (Å²) in [5, 5.41) is 3.59. The molecule has 0 radical (unpaired) electrons. The van der Waals surface area contributed by atoms with Crippen molar-refractivity contribution >= 4 is 29.1 Å². The fourth-order valence-corrected chi connectivity index (χ4v) is 2.53. The molecule has 0 saturated carbocycles. The Kier molecular flexibility index (Phi) is 4.84. The van der Waals surface area contributed by atoms with Crippen molar-refractivity contribution in [1.82, 2.24) is 4.90 Å². The third kappa shape index (κ3) is 3.63. The second kappa shape index (κ2) is 6.61. The number of para-hydroxylation sites is 1. The molecule has 20 heavy (non-hydrogen) atoms. The lowest BCUT2D eigenvalue weighted by Crippen LogP contribution is -2.45. The SMILES string of the molecule is NC(=O)C1CCCN(C(=O)CNc2ccccc2Cl)C1. The van der Waals surface area contributed by atoms with E-state index in [1.54, 1.807) is 11.0 Å². The van der Waals surface area contributed by atoms with Crippen molar-refractivity contribution in [3.05, 3.63) is 29.3 Å². The van der Waals surface area contributed by atoms with Gasteiger partial charge in [-0.1, -0.05) is 23.7 Å². The van der Waals surface area contributed by atoms with Crippen molar-refractivity contribution in [2.45, 2.75) is 12.8 Å². The normalized spacial score (nSPS) is 18.6. The lowest BCUT2D eigenvalue weighted by Gasteiger charge is -2.31. The number of hydrogen-bond acceptors (Lipinski definition) is 3. The number of rotatable bonds is 4. The number of primary amides is 1. The van der Waals surface area contributed by atoms with Crippen LogP contribution in [0.1, 0.15) is 12.8 Å². The summed E-state index contributed by atoms with van der Waals surface area (Å²) in [5.41, 5.74) is 6.03. The summed E-state index contributed by atoms with van der Waals surface area (Å²) in [6.07, 6.45) is 1.57. The molecule has 0 aliphatic carbocycles. The van der Waals surface area contributed by atoms with E-state index in [-0.39, 0.29) is 24.3 Å². The fourth-order valence-electron chi connectivity index (χ4n) is 2.32.